The number of halogens is 2. The van der Waals surface area contributed by atoms with E-state index in [4.69, 9.17) is 0 Å². The molecule has 2 aromatic rings. The van der Waals surface area contributed by atoms with Crippen LogP contribution in [-0.2, 0) is 5.92 Å². The van der Waals surface area contributed by atoms with Gasteiger partial charge in [-0.1, -0.05) is 0 Å². The van der Waals surface area contributed by atoms with E-state index < -0.39 is 16.4 Å². The topological polar surface area (TPSA) is 61.0 Å². The highest BCUT2D eigenvalue weighted by molar-refractivity contribution is 5.48. The molecular weight excluding hydrogens is 256 g/mol. The largest absolute Gasteiger partial charge is 0.306 e. The van der Waals surface area contributed by atoms with Crippen molar-refractivity contribution in [1.29, 1.82) is 0 Å². The van der Waals surface area contributed by atoms with Crippen molar-refractivity contribution in [3.05, 3.63) is 52.1 Å². The minimum atomic E-state index is -3.14. The number of rotatable bonds is 3. The van der Waals surface area contributed by atoms with E-state index in [9.17, 15) is 18.9 Å². The van der Waals surface area contributed by atoms with Crippen LogP contribution in [0.5, 0.6) is 0 Å². The molecule has 0 radical (unpaired) electrons. The van der Waals surface area contributed by atoms with E-state index in [-0.39, 0.29) is 11.4 Å². The smallest absolute Gasteiger partial charge is 0.272 e. The first kappa shape index (κ1) is 13.1. The second kappa shape index (κ2) is 4.42. The van der Waals surface area contributed by atoms with Crippen molar-refractivity contribution >= 4 is 5.69 Å². The van der Waals surface area contributed by atoms with Crippen LogP contribution in [0.1, 0.15) is 18.2 Å². The number of aromatic nitrogens is 2. The first-order valence-electron chi connectivity index (χ1n) is 5.46. The zero-order valence-corrected chi connectivity index (χ0v) is 10.3. The first-order valence-corrected chi connectivity index (χ1v) is 5.46. The van der Waals surface area contributed by atoms with Gasteiger partial charge in [-0.3, -0.25) is 10.1 Å². The van der Waals surface area contributed by atoms with Crippen molar-refractivity contribution in [1.82, 2.24) is 9.55 Å². The molecule has 0 N–H and O–H groups in total. The molecule has 0 saturated carbocycles. The standard InChI is InChI=1S/C12H11F2N3O2/c1-8-6-16(7-15-8)10-3-9(12(2,13)14)4-11(5-10)17(18)19/h3-7H,1-2H3. The molecule has 1 aromatic heterocycles. The number of hydrogen-bond acceptors (Lipinski definition) is 3. The summed E-state index contributed by atoms with van der Waals surface area (Å²) >= 11 is 0. The Morgan fingerprint density at radius 2 is 2.05 bits per heavy atom. The van der Waals surface area contributed by atoms with Gasteiger partial charge in [0.1, 0.15) is 0 Å². The van der Waals surface area contributed by atoms with Crippen molar-refractivity contribution in [3.63, 3.8) is 0 Å². The minimum Gasteiger partial charge on any atom is -0.306 e. The predicted molar refractivity (Wildman–Crippen MR) is 64.5 cm³/mol. The van der Waals surface area contributed by atoms with Gasteiger partial charge in [-0.2, -0.15) is 0 Å². The van der Waals surface area contributed by atoms with Crippen LogP contribution in [0.15, 0.2) is 30.7 Å². The van der Waals surface area contributed by atoms with E-state index in [1.54, 1.807) is 13.1 Å². The van der Waals surface area contributed by atoms with E-state index >= 15 is 0 Å². The molecule has 0 amide bonds. The molecule has 0 aliphatic heterocycles. The Morgan fingerprint density at radius 3 is 2.53 bits per heavy atom. The van der Waals surface area contributed by atoms with Gasteiger partial charge in [-0.05, 0) is 13.0 Å². The van der Waals surface area contributed by atoms with Crippen LogP contribution in [0.2, 0.25) is 0 Å². The van der Waals surface area contributed by atoms with Crippen LogP contribution in [0, 0.1) is 17.0 Å². The Labute approximate surface area is 107 Å². The van der Waals surface area contributed by atoms with E-state index in [0.29, 0.717) is 12.6 Å². The zero-order chi connectivity index (χ0) is 14.2. The predicted octanol–water partition coefficient (Wildman–Crippen LogP) is 3.20. The van der Waals surface area contributed by atoms with Gasteiger partial charge < -0.3 is 4.57 Å². The Hall–Kier alpha value is -2.31. The second-order valence-corrected chi connectivity index (χ2v) is 4.31. The Morgan fingerprint density at radius 1 is 1.37 bits per heavy atom. The van der Waals surface area contributed by atoms with E-state index in [1.807, 2.05) is 0 Å². The van der Waals surface area contributed by atoms with E-state index in [1.165, 1.54) is 23.0 Å². The lowest BCUT2D eigenvalue weighted by Gasteiger charge is -2.12. The number of alkyl halides is 2. The van der Waals surface area contributed by atoms with Crippen LogP contribution in [0.4, 0.5) is 14.5 Å². The highest BCUT2D eigenvalue weighted by atomic mass is 19.3. The lowest BCUT2D eigenvalue weighted by Crippen LogP contribution is -2.09. The molecule has 2 rings (SSSR count). The quantitative estimate of drug-likeness (QED) is 0.633. The summed E-state index contributed by atoms with van der Waals surface area (Å²) in [5.41, 5.74) is 0.200. The highest BCUT2D eigenvalue weighted by Gasteiger charge is 2.27. The average molecular weight is 267 g/mol. The average Bonchev–Trinajstić information content (AvgIpc) is 2.74. The lowest BCUT2D eigenvalue weighted by atomic mass is 10.1. The maximum atomic E-state index is 13.4. The van der Waals surface area contributed by atoms with Gasteiger partial charge in [0.25, 0.3) is 11.6 Å². The van der Waals surface area contributed by atoms with E-state index in [2.05, 4.69) is 4.98 Å². The van der Waals surface area contributed by atoms with Crippen LogP contribution in [0.3, 0.4) is 0 Å². The molecular formula is C12H11F2N3O2. The normalized spacial score (nSPS) is 11.6. The highest BCUT2D eigenvalue weighted by Crippen LogP contribution is 2.31. The molecule has 0 bridgehead atoms. The summed E-state index contributed by atoms with van der Waals surface area (Å²) in [6.07, 6.45) is 3.03. The van der Waals surface area contributed by atoms with Gasteiger partial charge >= 0.3 is 0 Å². The number of aryl methyl sites for hydroxylation is 1. The summed E-state index contributed by atoms with van der Waals surface area (Å²) in [5.74, 6) is -3.14. The molecule has 1 aromatic carbocycles. The Kier molecular flexibility index (Phi) is 3.05. The maximum absolute atomic E-state index is 13.4. The maximum Gasteiger partial charge on any atom is 0.272 e. The fraction of sp³-hybridized carbons (Fsp3) is 0.250. The summed E-state index contributed by atoms with van der Waals surface area (Å²) in [6.45, 7) is 2.44. The fourth-order valence-electron chi connectivity index (χ4n) is 1.67. The third-order valence-corrected chi connectivity index (χ3v) is 2.63. The molecule has 7 heteroatoms. The van der Waals surface area contributed by atoms with Crippen molar-refractivity contribution in [2.45, 2.75) is 19.8 Å². The molecule has 19 heavy (non-hydrogen) atoms. The first-order chi connectivity index (χ1) is 8.77. The van der Waals surface area contributed by atoms with Crippen LogP contribution < -0.4 is 0 Å². The summed E-state index contributed by atoms with van der Waals surface area (Å²) in [4.78, 5) is 14.1. The summed E-state index contributed by atoms with van der Waals surface area (Å²) < 4.78 is 28.2. The van der Waals surface area contributed by atoms with Crippen molar-refractivity contribution in [3.8, 4) is 5.69 Å². The van der Waals surface area contributed by atoms with Crippen LogP contribution in [-0.4, -0.2) is 14.5 Å². The summed E-state index contributed by atoms with van der Waals surface area (Å²) in [6, 6.07) is 3.33. The molecule has 0 aliphatic carbocycles. The van der Waals surface area contributed by atoms with Gasteiger partial charge in [0.15, 0.2) is 0 Å². The van der Waals surface area contributed by atoms with Gasteiger partial charge in [-0.15, -0.1) is 0 Å². The number of nitro benzene ring substituents is 1. The summed E-state index contributed by atoms with van der Waals surface area (Å²) in [7, 11) is 0. The van der Waals surface area contributed by atoms with Gasteiger partial charge in [-0.25, -0.2) is 13.8 Å². The number of nitrogens with zero attached hydrogens (tertiary/aromatic N) is 3. The third kappa shape index (κ3) is 2.75. The SMILES string of the molecule is Cc1cn(-c2cc([N+](=O)[O-])cc(C(C)(F)F)c2)cn1. The Balaban J connectivity index is 2.61. The number of imidazole rings is 1. The Bertz CT molecular complexity index is 632. The van der Waals surface area contributed by atoms with Gasteiger partial charge in [0, 0.05) is 30.8 Å². The minimum absolute atomic E-state index is 0.284. The third-order valence-electron chi connectivity index (χ3n) is 2.63. The molecule has 0 atom stereocenters. The fourth-order valence-corrected chi connectivity index (χ4v) is 1.67. The molecule has 1 heterocycles. The molecule has 0 aliphatic rings. The monoisotopic (exact) mass is 267 g/mol. The van der Waals surface area contributed by atoms with Gasteiger partial charge in [0.2, 0.25) is 0 Å². The second-order valence-electron chi connectivity index (χ2n) is 4.31. The molecule has 100 valence electrons. The number of benzene rings is 1. The molecule has 0 spiro atoms. The molecule has 0 saturated heterocycles. The van der Waals surface area contributed by atoms with Crippen LogP contribution in [0.25, 0.3) is 5.69 Å². The molecule has 0 unspecified atom stereocenters. The number of nitro groups is 1. The summed E-state index contributed by atoms with van der Waals surface area (Å²) in [5, 5.41) is 10.8. The van der Waals surface area contributed by atoms with Gasteiger partial charge in [0.05, 0.1) is 22.6 Å². The zero-order valence-electron chi connectivity index (χ0n) is 10.3. The van der Waals surface area contributed by atoms with Crippen molar-refractivity contribution < 1.29 is 13.7 Å². The van der Waals surface area contributed by atoms with Crippen molar-refractivity contribution in [2.75, 3.05) is 0 Å². The molecule has 0 fully saturated rings. The number of non-ortho nitro benzene ring substituents is 1. The lowest BCUT2D eigenvalue weighted by molar-refractivity contribution is -0.385. The number of hydrogen-bond donors (Lipinski definition) is 0. The molecule has 5 nitrogen and oxygen atoms in total. The van der Waals surface area contributed by atoms with Crippen molar-refractivity contribution in [2.24, 2.45) is 0 Å². The van der Waals surface area contributed by atoms with Crippen LogP contribution >= 0.6 is 0 Å². The van der Waals surface area contributed by atoms with E-state index in [0.717, 1.165) is 6.07 Å².